The van der Waals surface area contributed by atoms with Crippen molar-refractivity contribution in [2.75, 3.05) is 18.8 Å². The predicted octanol–water partition coefficient (Wildman–Crippen LogP) is -1.42. The van der Waals surface area contributed by atoms with Crippen LogP contribution in [0.4, 0.5) is 5.82 Å². The highest BCUT2D eigenvalue weighted by Gasteiger charge is 2.28. The number of aromatic nitrogens is 2. The largest absolute Gasteiger partial charge is 0.384 e. The highest BCUT2D eigenvalue weighted by atomic mass is 16.2. The van der Waals surface area contributed by atoms with E-state index in [1.165, 1.54) is 14.1 Å². The van der Waals surface area contributed by atoms with Crippen molar-refractivity contribution < 1.29 is 9.59 Å². The molecule has 24 heavy (non-hydrogen) atoms. The Labute approximate surface area is 138 Å². The summed E-state index contributed by atoms with van der Waals surface area (Å²) in [6, 6.07) is 0.0825. The lowest BCUT2D eigenvalue weighted by atomic mass is 10.1. The fourth-order valence-corrected chi connectivity index (χ4v) is 3.17. The molecule has 1 heterocycles. The number of carbonyl (C=O) groups is 2. The zero-order valence-electron chi connectivity index (χ0n) is 13.9. The molecule has 0 aliphatic heterocycles. The van der Waals surface area contributed by atoms with Gasteiger partial charge in [0.15, 0.2) is 5.78 Å². The molecule has 0 unspecified atom stereocenters. The molecule has 0 atom stereocenters. The third kappa shape index (κ3) is 3.40. The van der Waals surface area contributed by atoms with E-state index in [9.17, 15) is 19.2 Å². The number of primary amides is 1. The van der Waals surface area contributed by atoms with Crippen molar-refractivity contribution in [3.8, 4) is 0 Å². The van der Waals surface area contributed by atoms with Crippen LogP contribution >= 0.6 is 0 Å². The third-order valence-electron chi connectivity index (χ3n) is 4.54. The number of Topliss-reactive ketones (excluding diaryl/α,β-unsaturated/α-hetero) is 1. The average Bonchev–Trinajstić information content (AvgIpc) is 3.04. The molecule has 0 spiro atoms. The molecule has 0 saturated heterocycles. The van der Waals surface area contributed by atoms with Gasteiger partial charge in [0.25, 0.3) is 5.56 Å². The maximum Gasteiger partial charge on any atom is 0.332 e. The molecule has 1 aromatic rings. The number of carbonyl (C=O) groups excluding carboxylic acids is 2. The number of rotatable bonds is 6. The fourth-order valence-electron chi connectivity index (χ4n) is 3.17. The highest BCUT2D eigenvalue weighted by molar-refractivity contribution is 6.01. The van der Waals surface area contributed by atoms with Crippen molar-refractivity contribution >= 4 is 17.5 Å². The lowest BCUT2D eigenvalue weighted by Gasteiger charge is -2.26. The summed E-state index contributed by atoms with van der Waals surface area (Å²) in [6.45, 7) is -0.187. The maximum absolute atomic E-state index is 12.6. The Morgan fingerprint density at radius 2 is 1.71 bits per heavy atom. The van der Waals surface area contributed by atoms with E-state index in [1.54, 1.807) is 4.90 Å². The quantitative estimate of drug-likeness (QED) is 0.612. The summed E-state index contributed by atoms with van der Waals surface area (Å²) in [5, 5.41) is 0. The van der Waals surface area contributed by atoms with Crippen LogP contribution in [0.5, 0.6) is 0 Å². The second-order valence-electron chi connectivity index (χ2n) is 6.20. The maximum atomic E-state index is 12.6. The fraction of sp³-hybridized carbons (Fsp3) is 0.600. The normalized spacial score (nSPS) is 15.1. The minimum Gasteiger partial charge on any atom is -0.384 e. The van der Waals surface area contributed by atoms with Gasteiger partial charge in [-0.15, -0.1) is 0 Å². The summed E-state index contributed by atoms with van der Waals surface area (Å²) < 4.78 is 1.90. The Balaban J connectivity index is 2.35. The molecular weight excluding hydrogens is 314 g/mol. The Hall–Kier alpha value is -2.42. The number of nitrogens with zero attached hydrogens (tertiary/aromatic N) is 3. The van der Waals surface area contributed by atoms with E-state index in [4.69, 9.17) is 11.5 Å². The lowest BCUT2D eigenvalue weighted by Crippen LogP contribution is -2.46. The van der Waals surface area contributed by atoms with Crippen molar-refractivity contribution in [2.45, 2.75) is 31.7 Å². The molecule has 9 nitrogen and oxygen atoms in total. The average molecular weight is 337 g/mol. The van der Waals surface area contributed by atoms with Gasteiger partial charge in [0.2, 0.25) is 5.91 Å². The topological polar surface area (TPSA) is 133 Å². The predicted molar refractivity (Wildman–Crippen MR) is 88.7 cm³/mol. The van der Waals surface area contributed by atoms with Crippen molar-refractivity contribution in [1.29, 1.82) is 0 Å². The number of hydrogen-bond donors (Lipinski definition) is 2. The molecule has 0 aromatic carbocycles. The molecule has 9 heteroatoms. The van der Waals surface area contributed by atoms with E-state index in [2.05, 4.69) is 0 Å². The van der Waals surface area contributed by atoms with Crippen molar-refractivity contribution in [3.63, 3.8) is 0 Å². The summed E-state index contributed by atoms with van der Waals surface area (Å²) in [4.78, 5) is 49.7. The minimum atomic E-state index is -0.731. The second-order valence-corrected chi connectivity index (χ2v) is 6.20. The standard InChI is InChI=1S/C15H23N5O4/c1-18-13(17)12(14(23)19(2)15(18)24)10(21)7-20(8-11(16)22)9-5-3-4-6-9/h9H,3-8,17H2,1-2H3,(H2,16,22). The van der Waals surface area contributed by atoms with Crippen LogP contribution < -0.4 is 22.7 Å². The van der Waals surface area contributed by atoms with Crippen molar-refractivity contribution in [1.82, 2.24) is 14.0 Å². The van der Waals surface area contributed by atoms with E-state index >= 15 is 0 Å². The first kappa shape index (κ1) is 17.9. The van der Waals surface area contributed by atoms with Gasteiger partial charge < -0.3 is 11.5 Å². The van der Waals surface area contributed by atoms with Crippen LogP contribution in [0, 0.1) is 0 Å². The highest BCUT2D eigenvalue weighted by Crippen LogP contribution is 2.23. The molecule has 1 aliphatic rings. The van der Waals surface area contributed by atoms with Crippen LogP contribution in [0.25, 0.3) is 0 Å². The number of ketones is 1. The monoisotopic (exact) mass is 337 g/mol. The number of nitrogens with two attached hydrogens (primary N) is 2. The Bertz CT molecular complexity index is 773. The number of nitrogen functional groups attached to an aromatic ring is 1. The Morgan fingerprint density at radius 3 is 2.25 bits per heavy atom. The third-order valence-corrected chi connectivity index (χ3v) is 4.54. The van der Waals surface area contributed by atoms with Gasteiger partial charge in [-0.3, -0.25) is 28.4 Å². The molecule has 1 amide bonds. The van der Waals surface area contributed by atoms with Crippen LogP contribution in [0.15, 0.2) is 9.59 Å². The van der Waals surface area contributed by atoms with Crippen molar-refractivity contribution in [2.24, 2.45) is 19.8 Å². The molecule has 132 valence electrons. The molecule has 1 fully saturated rings. The molecule has 2 rings (SSSR count). The van der Waals surface area contributed by atoms with Crippen LogP contribution in [0.3, 0.4) is 0 Å². The van der Waals surface area contributed by atoms with Gasteiger partial charge in [0.05, 0.1) is 13.1 Å². The van der Waals surface area contributed by atoms with Crippen LogP contribution in [0.2, 0.25) is 0 Å². The molecule has 1 aromatic heterocycles. The first-order chi connectivity index (χ1) is 11.2. The number of amides is 1. The smallest absolute Gasteiger partial charge is 0.332 e. The van der Waals surface area contributed by atoms with E-state index in [-0.39, 0.29) is 30.5 Å². The zero-order valence-corrected chi connectivity index (χ0v) is 13.9. The molecule has 4 N–H and O–H groups in total. The van der Waals surface area contributed by atoms with Gasteiger partial charge >= 0.3 is 5.69 Å². The van der Waals surface area contributed by atoms with Crippen LogP contribution in [0.1, 0.15) is 36.0 Å². The van der Waals surface area contributed by atoms with Gasteiger partial charge in [-0.25, -0.2) is 4.79 Å². The summed E-state index contributed by atoms with van der Waals surface area (Å²) in [5.74, 6) is -1.22. The van der Waals surface area contributed by atoms with Gasteiger partial charge in [-0.05, 0) is 12.8 Å². The number of anilines is 1. The van der Waals surface area contributed by atoms with E-state index < -0.39 is 22.9 Å². The summed E-state index contributed by atoms with van der Waals surface area (Å²) in [7, 11) is 2.69. The summed E-state index contributed by atoms with van der Waals surface area (Å²) in [6.07, 6.45) is 3.80. The van der Waals surface area contributed by atoms with Gasteiger partial charge in [-0.1, -0.05) is 12.8 Å². The van der Waals surface area contributed by atoms with Gasteiger partial charge in [-0.2, -0.15) is 0 Å². The Kier molecular flexibility index (Phi) is 5.23. The second kappa shape index (κ2) is 7.00. The van der Waals surface area contributed by atoms with Crippen LogP contribution in [-0.4, -0.2) is 44.9 Å². The van der Waals surface area contributed by atoms with Crippen LogP contribution in [-0.2, 0) is 18.9 Å². The molecule has 0 radical (unpaired) electrons. The first-order valence-corrected chi connectivity index (χ1v) is 7.85. The summed E-state index contributed by atoms with van der Waals surface area (Å²) >= 11 is 0. The van der Waals surface area contributed by atoms with Gasteiger partial charge in [0.1, 0.15) is 11.4 Å². The SMILES string of the molecule is Cn1c(N)c(C(=O)CN(CC(N)=O)C2CCCC2)c(=O)n(C)c1=O. The van der Waals surface area contributed by atoms with E-state index in [1.807, 2.05) is 0 Å². The number of hydrogen-bond acceptors (Lipinski definition) is 6. The zero-order chi connectivity index (χ0) is 18.0. The van der Waals surface area contributed by atoms with E-state index in [0.29, 0.717) is 0 Å². The Morgan fingerprint density at radius 1 is 1.12 bits per heavy atom. The molecule has 0 bridgehead atoms. The van der Waals surface area contributed by atoms with Gasteiger partial charge in [0, 0.05) is 20.1 Å². The molecule has 1 saturated carbocycles. The molecule has 1 aliphatic carbocycles. The van der Waals surface area contributed by atoms with E-state index in [0.717, 1.165) is 34.8 Å². The lowest BCUT2D eigenvalue weighted by molar-refractivity contribution is -0.119. The van der Waals surface area contributed by atoms with Crippen molar-refractivity contribution in [3.05, 3.63) is 26.4 Å². The first-order valence-electron chi connectivity index (χ1n) is 7.85. The minimum absolute atomic E-state index is 0.0532. The molecular formula is C15H23N5O4. The summed E-state index contributed by atoms with van der Waals surface area (Å²) in [5.41, 5.74) is 9.52.